The molecule has 0 aromatic rings. The second-order valence-corrected chi connectivity index (χ2v) is 9.58. The summed E-state index contributed by atoms with van der Waals surface area (Å²) in [5, 5.41) is 0. The Labute approximate surface area is 168 Å². The van der Waals surface area contributed by atoms with Gasteiger partial charge >= 0.3 is 0 Å². The van der Waals surface area contributed by atoms with Crippen LogP contribution in [0.4, 0.5) is 0 Å². The maximum Gasteiger partial charge on any atom is 0.0977 e. The predicted molar refractivity (Wildman–Crippen MR) is 116 cm³/mol. The minimum Gasteiger partial charge on any atom is -0.371 e. The zero-order valence-electron chi connectivity index (χ0n) is 18.7. The first kappa shape index (κ1) is 22.7. The maximum absolute atomic E-state index is 6.31. The Morgan fingerprint density at radius 1 is 1.15 bits per heavy atom. The number of rotatable bonds is 12. The number of ether oxygens (including phenoxy) is 2. The molecule has 2 heteroatoms. The third-order valence-corrected chi connectivity index (χ3v) is 6.51. The quantitative estimate of drug-likeness (QED) is 0.201. The van der Waals surface area contributed by atoms with Crippen molar-refractivity contribution in [1.82, 2.24) is 0 Å². The fourth-order valence-corrected chi connectivity index (χ4v) is 4.53. The molecular weight excluding hydrogens is 332 g/mol. The van der Waals surface area contributed by atoms with Crippen LogP contribution in [0.3, 0.4) is 0 Å². The van der Waals surface area contributed by atoms with Gasteiger partial charge in [0.2, 0.25) is 0 Å². The van der Waals surface area contributed by atoms with Crippen LogP contribution in [0, 0.1) is 5.92 Å². The molecular formula is C25H44O2. The Bertz CT molecular complexity index is 492. The van der Waals surface area contributed by atoms with Gasteiger partial charge in [0.05, 0.1) is 24.4 Å². The summed E-state index contributed by atoms with van der Waals surface area (Å²) in [5.41, 5.74) is 2.93. The lowest BCUT2D eigenvalue weighted by atomic mass is 9.69. The van der Waals surface area contributed by atoms with E-state index in [2.05, 4.69) is 46.8 Å². The molecule has 0 bridgehead atoms. The number of allylic oxidation sites excluding steroid dienone is 3. The summed E-state index contributed by atoms with van der Waals surface area (Å²) in [5.74, 6) is 0.476. The van der Waals surface area contributed by atoms with Crippen LogP contribution in [0.15, 0.2) is 23.3 Å². The van der Waals surface area contributed by atoms with Crippen LogP contribution >= 0.6 is 0 Å². The lowest BCUT2D eigenvalue weighted by molar-refractivity contribution is -0.0782. The van der Waals surface area contributed by atoms with Gasteiger partial charge in [-0.1, -0.05) is 68.7 Å². The van der Waals surface area contributed by atoms with E-state index in [0.29, 0.717) is 12.5 Å². The van der Waals surface area contributed by atoms with Crippen LogP contribution < -0.4 is 0 Å². The molecule has 0 aromatic carbocycles. The van der Waals surface area contributed by atoms with E-state index in [9.17, 15) is 0 Å². The van der Waals surface area contributed by atoms with Gasteiger partial charge in [-0.2, -0.15) is 0 Å². The Morgan fingerprint density at radius 2 is 1.81 bits per heavy atom. The third-order valence-electron chi connectivity index (χ3n) is 6.51. The Hall–Kier alpha value is -0.600. The molecule has 2 rings (SSSR count). The van der Waals surface area contributed by atoms with Crippen LogP contribution in [-0.4, -0.2) is 24.4 Å². The van der Waals surface area contributed by atoms with Gasteiger partial charge < -0.3 is 9.47 Å². The molecule has 2 aliphatic rings. The summed E-state index contributed by atoms with van der Waals surface area (Å²) in [7, 11) is 0. The van der Waals surface area contributed by atoms with E-state index in [1.165, 1.54) is 69.8 Å². The molecule has 0 N–H and O–H groups in total. The molecule has 0 aromatic heterocycles. The molecule has 1 saturated carbocycles. The van der Waals surface area contributed by atoms with E-state index in [-0.39, 0.29) is 11.2 Å². The lowest BCUT2D eigenvalue weighted by Gasteiger charge is -2.41. The van der Waals surface area contributed by atoms with Crippen molar-refractivity contribution in [2.45, 2.75) is 116 Å². The lowest BCUT2D eigenvalue weighted by Crippen LogP contribution is -2.46. The fourth-order valence-electron chi connectivity index (χ4n) is 4.53. The highest BCUT2D eigenvalue weighted by molar-refractivity contribution is 5.18. The monoisotopic (exact) mass is 376 g/mol. The van der Waals surface area contributed by atoms with Crippen molar-refractivity contribution in [3.05, 3.63) is 23.3 Å². The molecule has 1 spiro atoms. The first-order valence-electron chi connectivity index (χ1n) is 11.5. The second kappa shape index (κ2) is 10.8. The second-order valence-electron chi connectivity index (χ2n) is 9.58. The third kappa shape index (κ3) is 7.38. The van der Waals surface area contributed by atoms with E-state index in [1.807, 2.05) is 0 Å². The number of unbranched alkanes of at least 4 members (excludes halogenated alkanes) is 7. The summed E-state index contributed by atoms with van der Waals surface area (Å²) in [6.07, 6.45) is 19.3. The van der Waals surface area contributed by atoms with Gasteiger partial charge in [-0.3, -0.25) is 0 Å². The molecule has 1 aliphatic heterocycles. The Balaban J connectivity index is 1.79. The number of epoxide rings is 1. The highest BCUT2D eigenvalue weighted by Crippen LogP contribution is 2.52. The first-order valence-corrected chi connectivity index (χ1v) is 11.5. The molecule has 0 radical (unpaired) electrons. The van der Waals surface area contributed by atoms with E-state index < -0.39 is 0 Å². The van der Waals surface area contributed by atoms with Crippen molar-refractivity contribution < 1.29 is 9.47 Å². The van der Waals surface area contributed by atoms with Crippen molar-refractivity contribution in [1.29, 1.82) is 0 Å². The molecule has 1 saturated heterocycles. The first-order chi connectivity index (χ1) is 12.9. The van der Waals surface area contributed by atoms with Crippen LogP contribution in [-0.2, 0) is 9.47 Å². The molecule has 2 atom stereocenters. The smallest absolute Gasteiger partial charge is 0.0977 e. The van der Waals surface area contributed by atoms with Crippen molar-refractivity contribution in [3.8, 4) is 0 Å². The van der Waals surface area contributed by atoms with Crippen molar-refractivity contribution in [2.75, 3.05) is 13.2 Å². The standard InChI is InChI=1S/C25H44O2/c1-6-7-8-9-10-11-12-13-14-22-15-17-25(20-27-25)23(19-22)24(4,5)26-18-16-21(2)3/h14,16,23H,6-13,15,17-20H2,1-5H3/b22-14-. The summed E-state index contributed by atoms with van der Waals surface area (Å²) in [6, 6.07) is 0. The van der Waals surface area contributed by atoms with Gasteiger partial charge in [-0.15, -0.1) is 0 Å². The summed E-state index contributed by atoms with van der Waals surface area (Å²) in [6.45, 7) is 12.7. The fraction of sp³-hybridized carbons (Fsp3) is 0.840. The maximum atomic E-state index is 6.31. The van der Waals surface area contributed by atoms with Crippen LogP contribution in [0.2, 0.25) is 0 Å². The largest absolute Gasteiger partial charge is 0.371 e. The van der Waals surface area contributed by atoms with E-state index >= 15 is 0 Å². The number of hydrogen-bond donors (Lipinski definition) is 0. The molecule has 156 valence electrons. The Kier molecular flexibility index (Phi) is 9.08. The van der Waals surface area contributed by atoms with Gasteiger partial charge in [0.25, 0.3) is 0 Å². The van der Waals surface area contributed by atoms with Crippen molar-refractivity contribution in [2.24, 2.45) is 5.92 Å². The van der Waals surface area contributed by atoms with Gasteiger partial charge in [0.15, 0.2) is 0 Å². The number of hydrogen-bond acceptors (Lipinski definition) is 2. The van der Waals surface area contributed by atoms with Gasteiger partial charge in [-0.25, -0.2) is 0 Å². The molecule has 27 heavy (non-hydrogen) atoms. The topological polar surface area (TPSA) is 21.8 Å². The molecule has 2 fully saturated rings. The normalized spacial score (nSPS) is 26.6. The van der Waals surface area contributed by atoms with E-state index in [1.54, 1.807) is 5.57 Å². The summed E-state index contributed by atoms with van der Waals surface area (Å²) in [4.78, 5) is 0. The van der Waals surface area contributed by atoms with Crippen molar-refractivity contribution >= 4 is 0 Å². The van der Waals surface area contributed by atoms with Crippen LogP contribution in [0.1, 0.15) is 105 Å². The van der Waals surface area contributed by atoms with Gasteiger partial charge in [-0.05, 0) is 59.8 Å². The van der Waals surface area contributed by atoms with E-state index in [4.69, 9.17) is 9.47 Å². The van der Waals surface area contributed by atoms with Crippen LogP contribution in [0.5, 0.6) is 0 Å². The van der Waals surface area contributed by atoms with Crippen LogP contribution in [0.25, 0.3) is 0 Å². The average Bonchev–Trinajstić information content (AvgIpc) is 3.38. The Morgan fingerprint density at radius 3 is 2.44 bits per heavy atom. The minimum absolute atomic E-state index is 0.102. The van der Waals surface area contributed by atoms with Gasteiger partial charge in [0, 0.05) is 5.92 Å². The zero-order chi connectivity index (χ0) is 19.8. The van der Waals surface area contributed by atoms with E-state index in [0.717, 1.165) is 13.0 Å². The molecule has 2 nitrogen and oxygen atoms in total. The SMILES string of the molecule is CCCCCCCCC/C=C1/CCC2(CO2)C(C(C)(C)OCC=C(C)C)C1. The summed E-state index contributed by atoms with van der Waals surface area (Å²) >= 11 is 0. The molecule has 2 unspecified atom stereocenters. The minimum atomic E-state index is -0.138. The average molecular weight is 377 g/mol. The zero-order valence-corrected chi connectivity index (χ0v) is 18.7. The van der Waals surface area contributed by atoms with Gasteiger partial charge in [0.1, 0.15) is 0 Å². The predicted octanol–water partition coefficient (Wildman–Crippen LogP) is 7.38. The highest BCUT2D eigenvalue weighted by Gasteiger charge is 2.58. The molecule has 0 amide bonds. The molecule has 1 heterocycles. The summed E-state index contributed by atoms with van der Waals surface area (Å²) < 4.78 is 12.3. The highest BCUT2D eigenvalue weighted by atomic mass is 16.6. The molecule has 1 aliphatic carbocycles. The van der Waals surface area contributed by atoms with Crippen molar-refractivity contribution in [3.63, 3.8) is 0 Å².